The number of pyridine rings is 1. The van der Waals surface area contributed by atoms with E-state index >= 15 is 0 Å². The highest BCUT2D eigenvalue weighted by Crippen LogP contribution is 2.31. The number of halogens is 2. The van der Waals surface area contributed by atoms with Gasteiger partial charge in [0.2, 0.25) is 0 Å². The highest BCUT2D eigenvalue weighted by Gasteiger charge is 2.38. The molecule has 0 unspecified atom stereocenters. The molecule has 10 heteroatoms. The summed E-state index contributed by atoms with van der Waals surface area (Å²) in [5.41, 5.74) is 4.85. The summed E-state index contributed by atoms with van der Waals surface area (Å²) >= 11 is 0. The number of nitrogens with one attached hydrogen (secondary N) is 3. The summed E-state index contributed by atoms with van der Waals surface area (Å²) in [5.74, 6) is -3.25. The maximum Gasteiger partial charge on any atom is 0.276 e. The van der Waals surface area contributed by atoms with Crippen molar-refractivity contribution in [3.63, 3.8) is 0 Å². The van der Waals surface area contributed by atoms with Gasteiger partial charge in [0.05, 0.1) is 23.9 Å². The molecule has 216 valence electrons. The number of aromatic amines is 1. The van der Waals surface area contributed by atoms with Gasteiger partial charge in [0, 0.05) is 30.9 Å². The zero-order valence-corrected chi connectivity index (χ0v) is 23.5. The maximum atomic E-state index is 13.7. The zero-order chi connectivity index (χ0) is 29.0. The fourth-order valence-corrected chi connectivity index (χ4v) is 5.40. The van der Waals surface area contributed by atoms with E-state index in [-0.39, 0.29) is 36.3 Å². The molecule has 1 fully saturated rings. The first-order valence-electron chi connectivity index (χ1n) is 14.3. The Balaban J connectivity index is 1.30. The Morgan fingerprint density at radius 3 is 2.68 bits per heavy atom. The van der Waals surface area contributed by atoms with E-state index < -0.39 is 11.8 Å². The normalized spacial score (nSPS) is 17.3. The molecule has 2 amide bonds. The molecule has 8 nitrogen and oxygen atoms in total. The van der Waals surface area contributed by atoms with Gasteiger partial charge in [-0.05, 0) is 73.1 Å². The predicted molar refractivity (Wildman–Crippen MR) is 156 cm³/mol. The Hall–Kier alpha value is -3.92. The number of carbonyl (C=O) groups excluding carboxylic acids is 2. The van der Waals surface area contributed by atoms with Gasteiger partial charge in [-0.3, -0.25) is 19.6 Å². The monoisotopic (exact) mass is 562 g/mol. The Morgan fingerprint density at radius 2 is 1.98 bits per heavy atom. The molecular formula is C31H36F2N6O2. The number of benzene rings is 1. The van der Waals surface area contributed by atoms with Crippen LogP contribution in [0.2, 0.25) is 0 Å². The number of hydrogen-bond donors (Lipinski definition) is 3. The number of aromatic nitrogens is 3. The van der Waals surface area contributed by atoms with Crippen molar-refractivity contribution in [3.05, 3.63) is 71.2 Å². The molecular weight excluding hydrogens is 526 g/mol. The Morgan fingerprint density at radius 1 is 1.15 bits per heavy atom. The Kier molecular flexibility index (Phi) is 8.58. The Bertz CT molecular complexity index is 1470. The van der Waals surface area contributed by atoms with Crippen LogP contribution >= 0.6 is 0 Å². The summed E-state index contributed by atoms with van der Waals surface area (Å²) in [4.78, 5) is 31.7. The summed E-state index contributed by atoms with van der Waals surface area (Å²) in [7, 11) is 0. The molecule has 3 N–H and O–H groups in total. The summed E-state index contributed by atoms with van der Waals surface area (Å²) in [6.07, 6.45) is 10.0. The van der Waals surface area contributed by atoms with E-state index in [1.165, 1.54) is 6.20 Å². The van der Waals surface area contributed by atoms with Crippen LogP contribution in [0.3, 0.4) is 0 Å². The number of alkyl halides is 2. The molecule has 3 heterocycles. The standard InChI is InChI=1S/C31H36F2N6O2/c1-3-23(4-2)35-29(40)27-12-10-24(17-34-27)36-30(41)28-25-16-22(9-11-26(25)37-38-28)21-8-6-5-7-20(15-21)18-39-14-13-31(32,33)19-39/h7,9-12,15-17,23H,3-6,8,13-14,18-19H2,1-2H3,(H,35,40)(H,36,41)(H,37,38). The molecule has 3 aromatic rings. The third-order valence-electron chi connectivity index (χ3n) is 7.79. The molecule has 41 heavy (non-hydrogen) atoms. The number of carbonyl (C=O) groups is 2. The van der Waals surface area contributed by atoms with Gasteiger partial charge >= 0.3 is 0 Å². The van der Waals surface area contributed by atoms with Gasteiger partial charge in [-0.15, -0.1) is 0 Å². The number of H-pyrrole nitrogens is 1. The number of fused-ring (bicyclic) bond motifs is 1. The lowest BCUT2D eigenvalue weighted by atomic mass is 9.98. The third-order valence-corrected chi connectivity index (χ3v) is 7.79. The molecule has 0 saturated carbocycles. The Labute approximate surface area is 238 Å². The number of rotatable bonds is 9. The van der Waals surface area contributed by atoms with Crippen molar-refractivity contribution in [2.45, 2.75) is 64.3 Å². The minimum absolute atomic E-state index is 0.0906. The van der Waals surface area contributed by atoms with Gasteiger partial charge in [-0.1, -0.05) is 32.1 Å². The van der Waals surface area contributed by atoms with Crippen LogP contribution in [-0.2, 0) is 0 Å². The second-order valence-electron chi connectivity index (χ2n) is 10.9. The molecule has 2 aliphatic rings. The van der Waals surface area contributed by atoms with Gasteiger partial charge in [-0.25, -0.2) is 13.8 Å². The smallest absolute Gasteiger partial charge is 0.276 e. The van der Waals surface area contributed by atoms with Crippen molar-refractivity contribution in [1.29, 1.82) is 0 Å². The molecule has 1 aliphatic heterocycles. The number of anilines is 1. The summed E-state index contributed by atoms with van der Waals surface area (Å²) in [6.45, 7) is 4.75. The van der Waals surface area contributed by atoms with E-state index in [1.54, 1.807) is 12.1 Å². The first-order valence-corrected chi connectivity index (χ1v) is 14.3. The van der Waals surface area contributed by atoms with Gasteiger partial charge in [-0.2, -0.15) is 5.10 Å². The fraction of sp³-hybridized carbons (Fsp3) is 0.419. The first kappa shape index (κ1) is 28.6. The number of likely N-dealkylation sites (tertiary alicyclic amines) is 1. The molecule has 0 spiro atoms. The average molecular weight is 563 g/mol. The molecule has 1 saturated heterocycles. The van der Waals surface area contributed by atoms with Crippen LogP contribution in [0.1, 0.15) is 78.9 Å². The number of amides is 2. The number of allylic oxidation sites excluding steroid dienone is 2. The van der Waals surface area contributed by atoms with Crippen LogP contribution in [0.25, 0.3) is 16.5 Å². The molecule has 0 radical (unpaired) electrons. The third kappa shape index (κ3) is 6.87. The summed E-state index contributed by atoms with van der Waals surface area (Å²) < 4.78 is 27.4. The van der Waals surface area contributed by atoms with Crippen molar-refractivity contribution in [1.82, 2.24) is 25.4 Å². The van der Waals surface area contributed by atoms with Gasteiger partial charge in [0.15, 0.2) is 5.69 Å². The maximum absolute atomic E-state index is 13.7. The molecule has 0 bridgehead atoms. The predicted octanol–water partition coefficient (Wildman–Crippen LogP) is 5.96. The lowest BCUT2D eigenvalue weighted by molar-refractivity contribution is 0.0131. The van der Waals surface area contributed by atoms with Crippen LogP contribution in [0.5, 0.6) is 0 Å². The van der Waals surface area contributed by atoms with Crippen molar-refractivity contribution < 1.29 is 18.4 Å². The van der Waals surface area contributed by atoms with Crippen molar-refractivity contribution >= 4 is 34.0 Å². The van der Waals surface area contributed by atoms with E-state index in [1.807, 2.05) is 36.9 Å². The fourth-order valence-electron chi connectivity index (χ4n) is 5.40. The quantitative estimate of drug-likeness (QED) is 0.299. The van der Waals surface area contributed by atoms with Crippen molar-refractivity contribution in [2.24, 2.45) is 0 Å². The molecule has 2 aromatic heterocycles. The van der Waals surface area contributed by atoms with Crippen LogP contribution in [0, 0.1) is 0 Å². The van der Waals surface area contributed by atoms with E-state index in [0.717, 1.165) is 54.3 Å². The zero-order valence-electron chi connectivity index (χ0n) is 23.5. The van der Waals surface area contributed by atoms with Crippen molar-refractivity contribution in [3.8, 4) is 0 Å². The minimum atomic E-state index is -2.61. The lowest BCUT2D eigenvalue weighted by Gasteiger charge is -2.16. The van der Waals surface area contributed by atoms with Crippen LogP contribution in [0.4, 0.5) is 14.5 Å². The summed E-state index contributed by atoms with van der Waals surface area (Å²) in [6, 6.07) is 9.18. The lowest BCUT2D eigenvalue weighted by Crippen LogP contribution is -2.34. The van der Waals surface area contributed by atoms with Crippen LogP contribution in [0.15, 0.2) is 54.3 Å². The highest BCUT2D eigenvalue weighted by molar-refractivity contribution is 6.11. The second-order valence-corrected chi connectivity index (χ2v) is 10.9. The average Bonchev–Trinajstić information content (AvgIpc) is 3.46. The molecule has 0 atom stereocenters. The van der Waals surface area contributed by atoms with Crippen molar-refractivity contribution in [2.75, 3.05) is 25.0 Å². The molecule has 1 aliphatic carbocycles. The van der Waals surface area contributed by atoms with E-state index in [2.05, 4.69) is 38.0 Å². The topological polar surface area (TPSA) is 103 Å². The molecule has 1 aromatic carbocycles. The van der Waals surface area contributed by atoms with E-state index in [4.69, 9.17) is 0 Å². The van der Waals surface area contributed by atoms with Gasteiger partial charge in [0.25, 0.3) is 17.7 Å². The van der Waals surface area contributed by atoms with Gasteiger partial charge < -0.3 is 10.6 Å². The molecule has 5 rings (SSSR count). The van der Waals surface area contributed by atoms with Crippen LogP contribution < -0.4 is 10.6 Å². The highest BCUT2D eigenvalue weighted by atomic mass is 19.3. The van der Waals surface area contributed by atoms with E-state index in [0.29, 0.717) is 24.2 Å². The van der Waals surface area contributed by atoms with E-state index in [9.17, 15) is 18.4 Å². The second kappa shape index (κ2) is 12.3. The van der Waals surface area contributed by atoms with Gasteiger partial charge in [0.1, 0.15) is 5.69 Å². The van der Waals surface area contributed by atoms with Crippen LogP contribution in [-0.4, -0.2) is 63.5 Å². The number of hydrogen-bond acceptors (Lipinski definition) is 5. The minimum Gasteiger partial charge on any atom is -0.348 e. The SMILES string of the molecule is CCC(CC)NC(=O)c1ccc(NC(=O)c2n[nH]c3ccc(C4=CC(CN5CCC(F)(F)C5)=CCCC4)cc23)cn1. The first-order chi connectivity index (χ1) is 19.7. The summed E-state index contributed by atoms with van der Waals surface area (Å²) in [5, 5.41) is 13.6. The largest absolute Gasteiger partial charge is 0.348 e. The number of nitrogens with zero attached hydrogens (tertiary/aromatic N) is 3.